The quantitative estimate of drug-likeness (QED) is 0.632. The van der Waals surface area contributed by atoms with Gasteiger partial charge in [-0.1, -0.05) is 48.5 Å². The predicted molar refractivity (Wildman–Crippen MR) is 83.8 cm³/mol. The molecular weight excluding hydrogens is 248 g/mol. The highest BCUT2D eigenvalue weighted by atomic mass is 16.5. The molecule has 3 aromatic rings. The molecule has 0 aliphatic rings. The second kappa shape index (κ2) is 5.41. The van der Waals surface area contributed by atoms with Crippen LogP contribution in [0, 0.1) is 0 Å². The first-order chi connectivity index (χ1) is 9.86. The van der Waals surface area contributed by atoms with E-state index in [1.807, 2.05) is 26.0 Å². The molecular formula is C18H18O2. The summed E-state index contributed by atoms with van der Waals surface area (Å²) in [7, 11) is 0. The van der Waals surface area contributed by atoms with Crippen LogP contribution >= 0.6 is 0 Å². The third kappa shape index (κ3) is 1.97. The summed E-state index contributed by atoms with van der Waals surface area (Å²) in [5, 5.41) is 4.62. The number of hydrogen-bond donors (Lipinski definition) is 0. The van der Waals surface area contributed by atoms with Crippen LogP contribution in [-0.4, -0.2) is 13.2 Å². The zero-order valence-corrected chi connectivity index (χ0v) is 11.8. The van der Waals surface area contributed by atoms with Gasteiger partial charge in [0, 0.05) is 10.8 Å². The van der Waals surface area contributed by atoms with Crippen LogP contribution in [0.15, 0.2) is 48.5 Å². The average molecular weight is 266 g/mol. The fourth-order valence-electron chi connectivity index (χ4n) is 2.65. The minimum absolute atomic E-state index is 0.627. The van der Waals surface area contributed by atoms with Gasteiger partial charge in [-0.15, -0.1) is 0 Å². The molecule has 0 aromatic heterocycles. The van der Waals surface area contributed by atoms with Crippen LogP contribution in [0.1, 0.15) is 13.8 Å². The summed E-state index contributed by atoms with van der Waals surface area (Å²) < 4.78 is 11.8. The molecule has 0 saturated heterocycles. The smallest absolute Gasteiger partial charge is 0.169 e. The predicted octanol–water partition coefficient (Wildman–Crippen LogP) is 4.79. The summed E-state index contributed by atoms with van der Waals surface area (Å²) >= 11 is 0. The molecule has 0 unspecified atom stereocenters. The summed E-state index contributed by atoms with van der Waals surface area (Å²) in [6, 6.07) is 16.6. The highest BCUT2D eigenvalue weighted by molar-refractivity contribution is 6.13. The molecule has 0 aliphatic heterocycles. The summed E-state index contributed by atoms with van der Waals surface area (Å²) in [4.78, 5) is 0. The van der Waals surface area contributed by atoms with E-state index in [1.54, 1.807) is 0 Å². The fraction of sp³-hybridized carbons (Fsp3) is 0.222. The van der Waals surface area contributed by atoms with E-state index < -0.39 is 0 Å². The molecule has 2 nitrogen and oxygen atoms in total. The lowest BCUT2D eigenvalue weighted by molar-refractivity contribution is 0.293. The maximum absolute atomic E-state index is 5.89. The first-order valence-corrected chi connectivity index (χ1v) is 7.05. The molecule has 2 heteroatoms. The summed E-state index contributed by atoms with van der Waals surface area (Å²) in [5.41, 5.74) is 0. The first kappa shape index (κ1) is 12.8. The minimum Gasteiger partial charge on any atom is -0.489 e. The van der Waals surface area contributed by atoms with E-state index >= 15 is 0 Å². The van der Waals surface area contributed by atoms with Gasteiger partial charge in [0.2, 0.25) is 0 Å². The standard InChI is InChI=1S/C18H18O2/c1-3-19-17-15-11-7-5-9-13(15)14-10-6-8-12-16(14)18(17)20-4-2/h5-12H,3-4H2,1-2H3. The first-order valence-electron chi connectivity index (χ1n) is 7.05. The van der Waals surface area contributed by atoms with Crippen molar-refractivity contribution in [1.29, 1.82) is 0 Å². The Bertz CT molecular complexity index is 682. The van der Waals surface area contributed by atoms with Gasteiger partial charge in [-0.3, -0.25) is 0 Å². The molecule has 0 heterocycles. The molecule has 0 N–H and O–H groups in total. The van der Waals surface area contributed by atoms with Crippen LogP contribution in [-0.2, 0) is 0 Å². The number of hydrogen-bond acceptors (Lipinski definition) is 2. The van der Waals surface area contributed by atoms with Crippen molar-refractivity contribution in [2.75, 3.05) is 13.2 Å². The van der Waals surface area contributed by atoms with E-state index in [1.165, 1.54) is 10.8 Å². The van der Waals surface area contributed by atoms with E-state index in [-0.39, 0.29) is 0 Å². The molecule has 0 saturated carbocycles. The van der Waals surface area contributed by atoms with E-state index in [2.05, 4.69) is 36.4 Å². The molecule has 0 radical (unpaired) electrons. The van der Waals surface area contributed by atoms with Gasteiger partial charge in [0.15, 0.2) is 11.5 Å². The lowest BCUT2D eigenvalue weighted by Crippen LogP contribution is -2.00. The highest BCUT2D eigenvalue weighted by Gasteiger charge is 2.15. The Labute approximate surface area is 118 Å². The third-order valence-corrected chi connectivity index (χ3v) is 3.42. The zero-order valence-electron chi connectivity index (χ0n) is 11.8. The van der Waals surface area contributed by atoms with Gasteiger partial charge in [0.05, 0.1) is 13.2 Å². The Morgan fingerprint density at radius 2 is 0.950 bits per heavy atom. The zero-order chi connectivity index (χ0) is 13.9. The largest absolute Gasteiger partial charge is 0.489 e. The Morgan fingerprint density at radius 1 is 0.600 bits per heavy atom. The Kier molecular flexibility index (Phi) is 3.46. The van der Waals surface area contributed by atoms with Crippen LogP contribution in [0.3, 0.4) is 0 Å². The van der Waals surface area contributed by atoms with Gasteiger partial charge in [-0.2, -0.15) is 0 Å². The molecule has 3 aromatic carbocycles. The van der Waals surface area contributed by atoms with Crippen LogP contribution in [0.4, 0.5) is 0 Å². The molecule has 0 bridgehead atoms. The van der Waals surface area contributed by atoms with Crippen LogP contribution < -0.4 is 9.47 Å². The molecule has 20 heavy (non-hydrogen) atoms. The minimum atomic E-state index is 0.627. The second-order valence-corrected chi connectivity index (χ2v) is 4.62. The van der Waals surface area contributed by atoms with Gasteiger partial charge < -0.3 is 9.47 Å². The lowest BCUT2D eigenvalue weighted by Gasteiger charge is -2.17. The van der Waals surface area contributed by atoms with Crippen molar-refractivity contribution in [2.24, 2.45) is 0 Å². The number of rotatable bonds is 4. The van der Waals surface area contributed by atoms with Crippen LogP contribution in [0.2, 0.25) is 0 Å². The van der Waals surface area contributed by atoms with Crippen molar-refractivity contribution in [3.05, 3.63) is 48.5 Å². The normalized spacial score (nSPS) is 10.9. The Balaban J connectivity index is 2.47. The van der Waals surface area contributed by atoms with E-state index in [0.717, 1.165) is 22.3 Å². The van der Waals surface area contributed by atoms with Crippen molar-refractivity contribution in [2.45, 2.75) is 13.8 Å². The van der Waals surface area contributed by atoms with E-state index in [0.29, 0.717) is 13.2 Å². The van der Waals surface area contributed by atoms with Gasteiger partial charge in [0.1, 0.15) is 0 Å². The monoisotopic (exact) mass is 266 g/mol. The molecule has 0 amide bonds. The maximum atomic E-state index is 5.89. The van der Waals surface area contributed by atoms with Gasteiger partial charge in [0.25, 0.3) is 0 Å². The van der Waals surface area contributed by atoms with Crippen molar-refractivity contribution in [1.82, 2.24) is 0 Å². The maximum Gasteiger partial charge on any atom is 0.169 e. The van der Waals surface area contributed by atoms with Crippen LogP contribution in [0.5, 0.6) is 11.5 Å². The van der Waals surface area contributed by atoms with Gasteiger partial charge in [-0.25, -0.2) is 0 Å². The SMILES string of the molecule is CCOc1c(OCC)c2ccccc2c2ccccc12. The Hall–Kier alpha value is -2.22. The van der Waals surface area contributed by atoms with Crippen LogP contribution in [0.25, 0.3) is 21.5 Å². The average Bonchev–Trinajstić information content (AvgIpc) is 2.51. The number of benzene rings is 3. The fourth-order valence-corrected chi connectivity index (χ4v) is 2.65. The second-order valence-electron chi connectivity index (χ2n) is 4.62. The topological polar surface area (TPSA) is 18.5 Å². The van der Waals surface area contributed by atoms with E-state index in [4.69, 9.17) is 9.47 Å². The Morgan fingerprint density at radius 3 is 1.30 bits per heavy atom. The molecule has 0 atom stereocenters. The molecule has 0 fully saturated rings. The van der Waals surface area contributed by atoms with Crippen molar-refractivity contribution in [3.8, 4) is 11.5 Å². The lowest BCUT2D eigenvalue weighted by atomic mass is 10.00. The van der Waals surface area contributed by atoms with Crippen molar-refractivity contribution >= 4 is 21.5 Å². The molecule has 3 rings (SSSR count). The molecule has 0 aliphatic carbocycles. The number of fused-ring (bicyclic) bond motifs is 3. The summed E-state index contributed by atoms with van der Waals surface area (Å²) in [5.74, 6) is 1.70. The summed E-state index contributed by atoms with van der Waals surface area (Å²) in [6.07, 6.45) is 0. The van der Waals surface area contributed by atoms with Gasteiger partial charge in [-0.05, 0) is 24.6 Å². The summed E-state index contributed by atoms with van der Waals surface area (Å²) in [6.45, 7) is 5.25. The van der Waals surface area contributed by atoms with Crippen molar-refractivity contribution < 1.29 is 9.47 Å². The molecule has 102 valence electrons. The highest BCUT2D eigenvalue weighted by Crippen LogP contribution is 2.43. The molecule has 0 spiro atoms. The van der Waals surface area contributed by atoms with Crippen molar-refractivity contribution in [3.63, 3.8) is 0 Å². The third-order valence-electron chi connectivity index (χ3n) is 3.42. The number of ether oxygens (including phenoxy) is 2. The van der Waals surface area contributed by atoms with E-state index in [9.17, 15) is 0 Å². The van der Waals surface area contributed by atoms with Gasteiger partial charge >= 0.3 is 0 Å².